The van der Waals surface area contributed by atoms with Crippen LogP contribution in [-0.4, -0.2) is 52.8 Å². The van der Waals surface area contributed by atoms with Crippen LogP contribution in [0.15, 0.2) is 18.3 Å². The summed E-state index contributed by atoms with van der Waals surface area (Å²) in [6.07, 6.45) is 2.53. The normalized spacial score (nSPS) is 22.2. The third kappa shape index (κ3) is 2.70. The number of carbonyl (C=O) groups excluding carboxylic acids is 1. The topological polar surface area (TPSA) is 71.8 Å². The summed E-state index contributed by atoms with van der Waals surface area (Å²) in [4.78, 5) is 25.4. The number of aliphatic carboxylic acids is 1. The molecule has 1 N–H and O–H groups in total. The van der Waals surface area contributed by atoms with Gasteiger partial charge in [0.2, 0.25) is 0 Å². The van der Waals surface area contributed by atoms with Crippen LogP contribution in [0.5, 0.6) is 0 Å². The number of likely N-dealkylation sites (tertiary alicyclic amines) is 1. The van der Waals surface area contributed by atoms with Gasteiger partial charge in [0.25, 0.3) is 5.91 Å². The summed E-state index contributed by atoms with van der Waals surface area (Å²) in [6.45, 7) is 3.45. The van der Waals surface area contributed by atoms with E-state index in [4.69, 9.17) is 4.74 Å². The molecule has 110 valence electrons. The zero-order valence-corrected chi connectivity index (χ0v) is 11.8. The largest absolute Gasteiger partial charge is 0.480 e. The molecule has 1 aromatic heterocycles. The van der Waals surface area contributed by atoms with Gasteiger partial charge in [-0.15, -0.1) is 0 Å². The van der Waals surface area contributed by atoms with Crippen LogP contribution in [0.1, 0.15) is 23.8 Å². The Balaban J connectivity index is 2.19. The van der Waals surface area contributed by atoms with Crippen molar-refractivity contribution in [2.24, 2.45) is 5.92 Å². The quantitative estimate of drug-likeness (QED) is 0.875. The third-order valence-electron chi connectivity index (χ3n) is 3.80. The Labute approximate surface area is 117 Å². The second-order valence-electron chi connectivity index (χ2n) is 5.13. The predicted octanol–water partition coefficient (Wildman–Crippen LogP) is 1.07. The summed E-state index contributed by atoms with van der Waals surface area (Å²) in [6, 6.07) is 2.78. The molecule has 2 unspecified atom stereocenters. The number of ether oxygens (including phenoxy) is 1. The van der Waals surface area contributed by atoms with E-state index in [9.17, 15) is 14.7 Å². The maximum atomic E-state index is 12.6. The Hall–Kier alpha value is -1.82. The highest BCUT2D eigenvalue weighted by atomic mass is 16.5. The molecule has 1 amide bonds. The molecule has 1 aromatic rings. The van der Waals surface area contributed by atoms with Crippen molar-refractivity contribution in [3.63, 3.8) is 0 Å². The number of amides is 1. The lowest BCUT2D eigenvalue weighted by atomic mass is 10.0. The molecule has 0 saturated carbocycles. The highest BCUT2D eigenvalue weighted by Gasteiger charge is 2.40. The highest BCUT2D eigenvalue weighted by molar-refractivity contribution is 5.95. The standard InChI is InChI=1S/C14H20N2O4/c1-10-5-7-16(12(10)14(18)19)13(17)11-4-3-6-15(11)8-9-20-2/h3-4,6,10,12H,5,7-9H2,1-2H3,(H,18,19). The van der Waals surface area contributed by atoms with E-state index in [1.165, 1.54) is 4.90 Å². The van der Waals surface area contributed by atoms with E-state index >= 15 is 0 Å². The van der Waals surface area contributed by atoms with Gasteiger partial charge in [-0.2, -0.15) is 0 Å². The van der Waals surface area contributed by atoms with Gasteiger partial charge < -0.3 is 19.3 Å². The number of hydrogen-bond acceptors (Lipinski definition) is 3. The van der Waals surface area contributed by atoms with Crippen molar-refractivity contribution in [1.29, 1.82) is 0 Å². The predicted molar refractivity (Wildman–Crippen MR) is 72.5 cm³/mol. The summed E-state index contributed by atoms with van der Waals surface area (Å²) >= 11 is 0. The molecule has 0 aromatic carbocycles. The van der Waals surface area contributed by atoms with Gasteiger partial charge >= 0.3 is 5.97 Å². The van der Waals surface area contributed by atoms with Crippen molar-refractivity contribution in [2.75, 3.05) is 20.3 Å². The number of rotatable bonds is 5. The molecule has 1 fully saturated rings. The van der Waals surface area contributed by atoms with Crippen LogP contribution in [0.2, 0.25) is 0 Å². The van der Waals surface area contributed by atoms with Gasteiger partial charge in [0.1, 0.15) is 11.7 Å². The van der Waals surface area contributed by atoms with Crippen LogP contribution in [0.3, 0.4) is 0 Å². The minimum Gasteiger partial charge on any atom is -0.480 e. The molecule has 2 heterocycles. The molecule has 0 bridgehead atoms. The number of hydrogen-bond donors (Lipinski definition) is 1. The second-order valence-corrected chi connectivity index (χ2v) is 5.13. The van der Waals surface area contributed by atoms with Gasteiger partial charge in [-0.25, -0.2) is 4.79 Å². The van der Waals surface area contributed by atoms with Crippen LogP contribution in [-0.2, 0) is 16.1 Å². The zero-order valence-electron chi connectivity index (χ0n) is 11.8. The number of aromatic nitrogens is 1. The highest BCUT2D eigenvalue weighted by Crippen LogP contribution is 2.26. The van der Waals surface area contributed by atoms with Crippen LogP contribution < -0.4 is 0 Å². The Morgan fingerprint density at radius 2 is 2.25 bits per heavy atom. The van der Waals surface area contributed by atoms with E-state index in [0.717, 1.165) is 6.42 Å². The molecule has 6 heteroatoms. The summed E-state index contributed by atoms with van der Waals surface area (Å²) in [5.74, 6) is -1.17. The Morgan fingerprint density at radius 3 is 2.90 bits per heavy atom. The first-order valence-electron chi connectivity index (χ1n) is 6.74. The average molecular weight is 280 g/mol. The molecule has 0 aliphatic carbocycles. The first kappa shape index (κ1) is 14.6. The molecule has 0 radical (unpaired) electrons. The van der Waals surface area contributed by atoms with E-state index in [-0.39, 0.29) is 11.8 Å². The molecule has 2 rings (SSSR count). The van der Waals surface area contributed by atoms with Crippen LogP contribution in [0, 0.1) is 5.92 Å². The van der Waals surface area contributed by atoms with Crippen LogP contribution >= 0.6 is 0 Å². The second kappa shape index (κ2) is 6.09. The minimum absolute atomic E-state index is 0.0150. The number of carbonyl (C=O) groups is 2. The van der Waals surface area contributed by atoms with E-state index in [0.29, 0.717) is 25.4 Å². The summed E-state index contributed by atoms with van der Waals surface area (Å²) in [7, 11) is 1.60. The first-order valence-corrected chi connectivity index (χ1v) is 6.74. The van der Waals surface area contributed by atoms with Gasteiger partial charge in [-0.05, 0) is 24.5 Å². The summed E-state index contributed by atoms with van der Waals surface area (Å²) in [5.41, 5.74) is 0.516. The molecular weight excluding hydrogens is 260 g/mol. The summed E-state index contributed by atoms with van der Waals surface area (Å²) in [5, 5.41) is 9.29. The molecule has 2 atom stereocenters. The van der Waals surface area contributed by atoms with Gasteiger partial charge in [-0.1, -0.05) is 6.92 Å². The lowest BCUT2D eigenvalue weighted by molar-refractivity contribution is -0.142. The maximum absolute atomic E-state index is 12.6. The fourth-order valence-corrected chi connectivity index (χ4v) is 2.69. The van der Waals surface area contributed by atoms with E-state index < -0.39 is 12.0 Å². The van der Waals surface area contributed by atoms with Gasteiger partial charge in [0, 0.05) is 26.4 Å². The van der Waals surface area contributed by atoms with Crippen molar-refractivity contribution in [3.8, 4) is 0 Å². The fourth-order valence-electron chi connectivity index (χ4n) is 2.69. The number of nitrogens with zero attached hydrogens (tertiary/aromatic N) is 2. The van der Waals surface area contributed by atoms with E-state index in [1.807, 2.05) is 13.1 Å². The first-order chi connectivity index (χ1) is 9.56. The number of carboxylic acid groups (broad SMARTS) is 1. The smallest absolute Gasteiger partial charge is 0.326 e. The Kier molecular flexibility index (Phi) is 4.44. The Bertz CT molecular complexity index is 497. The molecular formula is C14H20N2O4. The molecule has 20 heavy (non-hydrogen) atoms. The van der Waals surface area contributed by atoms with Gasteiger partial charge in [0.05, 0.1) is 6.61 Å². The van der Waals surface area contributed by atoms with Crippen molar-refractivity contribution >= 4 is 11.9 Å². The zero-order chi connectivity index (χ0) is 14.7. The van der Waals surface area contributed by atoms with E-state index in [2.05, 4.69) is 0 Å². The van der Waals surface area contributed by atoms with Crippen LogP contribution in [0.25, 0.3) is 0 Å². The Morgan fingerprint density at radius 1 is 1.50 bits per heavy atom. The monoisotopic (exact) mass is 280 g/mol. The van der Waals surface area contributed by atoms with Gasteiger partial charge in [0.15, 0.2) is 0 Å². The molecule has 0 spiro atoms. The average Bonchev–Trinajstić information content (AvgIpc) is 3.01. The maximum Gasteiger partial charge on any atom is 0.326 e. The van der Waals surface area contributed by atoms with Crippen molar-refractivity contribution in [3.05, 3.63) is 24.0 Å². The number of methoxy groups -OCH3 is 1. The summed E-state index contributed by atoms with van der Waals surface area (Å²) < 4.78 is 6.81. The van der Waals surface area contributed by atoms with Crippen molar-refractivity contribution in [2.45, 2.75) is 25.9 Å². The van der Waals surface area contributed by atoms with Crippen molar-refractivity contribution in [1.82, 2.24) is 9.47 Å². The molecule has 1 saturated heterocycles. The van der Waals surface area contributed by atoms with E-state index in [1.54, 1.807) is 23.8 Å². The molecule has 1 aliphatic rings. The lowest BCUT2D eigenvalue weighted by Crippen LogP contribution is -2.43. The fraction of sp³-hybridized carbons (Fsp3) is 0.571. The van der Waals surface area contributed by atoms with Gasteiger partial charge in [-0.3, -0.25) is 4.79 Å². The SMILES string of the molecule is COCCn1cccc1C(=O)N1CCC(C)C1C(=O)O. The van der Waals surface area contributed by atoms with Crippen molar-refractivity contribution < 1.29 is 19.4 Å². The van der Waals surface area contributed by atoms with Crippen LogP contribution in [0.4, 0.5) is 0 Å². The number of carboxylic acids is 1. The lowest BCUT2D eigenvalue weighted by Gasteiger charge is -2.24. The minimum atomic E-state index is -0.932. The third-order valence-corrected chi connectivity index (χ3v) is 3.80. The molecule has 6 nitrogen and oxygen atoms in total. The molecule has 1 aliphatic heterocycles.